The fourth-order valence-electron chi connectivity index (χ4n) is 2.22. The van der Waals surface area contributed by atoms with Crippen LogP contribution in [0.3, 0.4) is 0 Å². The summed E-state index contributed by atoms with van der Waals surface area (Å²) in [6, 6.07) is -0.0270. The van der Waals surface area contributed by atoms with Crippen molar-refractivity contribution in [3.05, 3.63) is 0 Å². The fourth-order valence-corrected chi connectivity index (χ4v) is 2.86. The van der Waals surface area contributed by atoms with Gasteiger partial charge in [0.25, 0.3) is 0 Å². The summed E-state index contributed by atoms with van der Waals surface area (Å²) in [6.07, 6.45) is 4.22. The minimum Gasteiger partial charge on any atom is -0.395 e. The first-order valence-electron chi connectivity index (χ1n) is 6.28. The van der Waals surface area contributed by atoms with E-state index in [1.54, 1.807) is 11.8 Å². The number of aliphatic hydroxyl groups is 1. The quantitative estimate of drug-likeness (QED) is 0.738. The van der Waals surface area contributed by atoms with E-state index in [0.717, 1.165) is 25.9 Å². The van der Waals surface area contributed by atoms with Crippen molar-refractivity contribution >= 4 is 17.7 Å². The van der Waals surface area contributed by atoms with Gasteiger partial charge >= 0.3 is 0 Å². The summed E-state index contributed by atoms with van der Waals surface area (Å²) in [5.74, 6) is 0.187. The van der Waals surface area contributed by atoms with E-state index in [-0.39, 0.29) is 29.8 Å². The molecule has 1 saturated heterocycles. The fraction of sp³-hybridized carbons (Fsp3) is 0.917. The lowest BCUT2D eigenvalue weighted by atomic mass is 10.2. The summed E-state index contributed by atoms with van der Waals surface area (Å²) < 4.78 is 0. The Hall–Kier alpha value is -0.260. The van der Waals surface area contributed by atoms with Crippen LogP contribution in [0.2, 0.25) is 0 Å². The molecule has 4 nitrogen and oxygen atoms in total. The molecule has 0 spiro atoms. The number of rotatable bonds is 6. The molecule has 1 aliphatic rings. The highest BCUT2D eigenvalue weighted by molar-refractivity contribution is 7.99. The van der Waals surface area contributed by atoms with Crippen molar-refractivity contribution in [3.63, 3.8) is 0 Å². The average Bonchev–Trinajstić information content (AvgIpc) is 2.83. The van der Waals surface area contributed by atoms with E-state index in [0.29, 0.717) is 0 Å². The third-order valence-electron chi connectivity index (χ3n) is 3.34. The topological polar surface area (TPSA) is 52.6 Å². The van der Waals surface area contributed by atoms with E-state index >= 15 is 0 Å². The minimum absolute atomic E-state index is 0.136. The summed E-state index contributed by atoms with van der Waals surface area (Å²) in [4.78, 5) is 14.0. The first-order valence-corrected chi connectivity index (χ1v) is 7.57. The van der Waals surface area contributed by atoms with E-state index in [2.05, 4.69) is 5.32 Å². The lowest BCUT2D eigenvalue weighted by Gasteiger charge is -2.27. The van der Waals surface area contributed by atoms with Crippen LogP contribution in [-0.4, -0.2) is 59.2 Å². The molecule has 1 heterocycles. The Morgan fingerprint density at radius 1 is 1.41 bits per heavy atom. The van der Waals surface area contributed by atoms with Crippen LogP contribution in [0.15, 0.2) is 0 Å². The second-order valence-electron chi connectivity index (χ2n) is 4.67. The Balaban J connectivity index is 2.41. The highest BCUT2D eigenvalue weighted by Gasteiger charge is 2.25. The number of hydrogen-bond acceptors (Lipinski definition) is 4. The molecular weight excluding hydrogens is 236 g/mol. The second kappa shape index (κ2) is 7.24. The molecule has 5 heteroatoms. The molecule has 2 N–H and O–H groups in total. The maximum Gasteiger partial charge on any atom is 0.239 e. The number of hydrogen-bond donors (Lipinski definition) is 2. The Labute approximate surface area is 108 Å². The lowest BCUT2D eigenvalue weighted by molar-refractivity contribution is -0.132. The molecule has 100 valence electrons. The van der Waals surface area contributed by atoms with Crippen LogP contribution in [0.25, 0.3) is 0 Å². The lowest BCUT2D eigenvalue weighted by Crippen LogP contribution is -2.50. The highest BCUT2D eigenvalue weighted by atomic mass is 32.2. The summed E-state index contributed by atoms with van der Waals surface area (Å²) in [5.41, 5.74) is 0. The smallest absolute Gasteiger partial charge is 0.239 e. The zero-order valence-corrected chi connectivity index (χ0v) is 11.8. The summed E-state index contributed by atoms with van der Waals surface area (Å²) >= 11 is 1.63. The number of carbonyl (C=O) groups is 1. The van der Waals surface area contributed by atoms with E-state index in [1.165, 1.54) is 0 Å². The number of nitrogens with one attached hydrogen (secondary N) is 1. The highest BCUT2D eigenvalue weighted by Crippen LogP contribution is 2.13. The zero-order valence-electron chi connectivity index (χ0n) is 11.0. The van der Waals surface area contributed by atoms with Gasteiger partial charge < -0.3 is 15.3 Å². The van der Waals surface area contributed by atoms with E-state index in [9.17, 15) is 9.90 Å². The van der Waals surface area contributed by atoms with Crippen molar-refractivity contribution in [3.8, 4) is 0 Å². The molecule has 0 aromatic rings. The van der Waals surface area contributed by atoms with Gasteiger partial charge in [-0.05, 0) is 32.9 Å². The maximum atomic E-state index is 12.1. The van der Waals surface area contributed by atoms with Crippen LogP contribution in [0.1, 0.15) is 26.7 Å². The molecule has 0 aliphatic carbocycles. The Morgan fingerprint density at radius 2 is 2.00 bits per heavy atom. The van der Waals surface area contributed by atoms with E-state index in [4.69, 9.17) is 0 Å². The number of thioether (sulfide) groups is 1. The molecule has 0 aromatic heterocycles. The third-order valence-corrected chi connectivity index (χ3v) is 4.50. The van der Waals surface area contributed by atoms with Gasteiger partial charge in [0.2, 0.25) is 5.91 Å². The molecule has 1 amide bonds. The van der Waals surface area contributed by atoms with Crippen LogP contribution >= 0.6 is 11.8 Å². The number of carbonyl (C=O) groups excluding carboxylic acids is 1. The number of likely N-dealkylation sites (tertiary alicyclic amines) is 1. The second-order valence-corrected chi connectivity index (χ2v) is 5.74. The van der Waals surface area contributed by atoms with Crippen molar-refractivity contribution < 1.29 is 9.90 Å². The van der Waals surface area contributed by atoms with Crippen LogP contribution in [0.4, 0.5) is 0 Å². The Kier molecular flexibility index (Phi) is 6.30. The van der Waals surface area contributed by atoms with Gasteiger partial charge in [-0.15, -0.1) is 0 Å². The van der Waals surface area contributed by atoms with Gasteiger partial charge in [-0.3, -0.25) is 4.79 Å². The van der Waals surface area contributed by atoms with E-state index in [1.807, 2.05) is 25.0 Å². The van der Waals surface area contributed by atoms with E-state index < -0.39 is 0 Å². The molecule has 1 aliphatic heterocycles. The molecular formula is C12H24N2O2S. The van der Waals surface area contributed by atoms with Crippen molar-refractivity contribution in [2.24, 2.45) is 0 Å². The summed E-state index contributed by atoms with van der Waals surface area (Å²) in [6.45, 7) is 5.85. The molecule has 3 unspecified atom stereocenters. The van der Waals surface area contributed by atoms with Crippen molar-refractivity contribution in [2.45, 2.75) is 44.0 Å². The minimum atomic E-state index is -0.163. The van der Waals surface area contributed by atoms with Gasteiger partial charge in [0.15, 0.2) is 0 Å². The van der Waals surface area contributed by atoms with Gasteiger partial charge in [-0.1, -0.05) is 0 Å². The molecule has 1 fully saturated rings. The zero-order chi connectivity index (χ0) is 12.8. The maximum absolute atomic E-state index is 12.1. The molecule has 0 bridgehead atoms. The van der Waals surface area contributed by atoms with Gasteiger partial charge in [0.1, 0.15) is 0 Å². The average molecular weight is 260 g/mol. The summed E-state index contributed by atoms with van der Waals surface area (Å²) in [5, 5.41) is 12.6. The molecule has 17 heavy (non-hydrogen) atoms. The third kappa shape index (κ3) is 4.16. The number of amides is 1. The first-order chi connectivity index (χ1) is 8.10. The van der Waals surface area contributed by atoms with Crippen LogP contribution < -0.4 is 5.32 Å². The summed E-state index contributed by atoms with van der Waals surface area (Å²) in [7, 11) is 0. The number of aliphatic hydroxyl groups excluding tert-OH is 1. The van der Waals surface area contributed by atoms with Gasteiger partial charge in [-0.25, -0.2) is 0 Å². The largest absolute Gasteiger partial charge is 0.395 e. The Bertz CT molecular complexity index is 241. The monoisotopic (exact) mass is 260 g/mol. The van der Waals surface area contributed by atoms with Crippen molar-refractivity contribution in [2.75, 3.05) is 26.0 Å². The Morgan fingerprint density at radius 3 is 2.47 bits per heavy atom. The van der Waals surface area contributed by atoms with Crippen LogP contribution in [0.5, 0.6) is 0 Å². The van der Waals surface area contributed by atoms with Crippen molar-refractivity contribution in [1.82, 2.24) is 10.2 Å². The SMILES string of the molecule is CSC(CO)C(C)NC(C)C(=O)N1CCCC1. The molecule has 0 saturated carbocycles. The molecule has 0 aromatic carbocycles. The molecule has 3 atom stereocenters. The van der Waals surface area contributed by atoms with Crippen molar-refractivity contribution in [1.29, 1.82) is 0 Å². The van der Waals surface area contributed by atoms with Crippen LogP contribution in [0, 0.1) is 0 Å². The normalized spacial score (nSPS) is 21.3. The predicted molar refractivity (Wildman–Crippen MR) is 72.3 cm³/mol. The van der Waals surface area contributed by atoms with Gasteiger partial charge in [-0.2, -0.15) is 11.8 Å². The standard InChI is InChI=1S/C12H24N2O2S/c1-9(11(8-15)17-3)13-10(2)12(16)14-6-4-5-7-14/h9-11,13,15H,4-8H2,1-3H3. The first kappa shape index (κ1) is 14.8. The van der Waals surface area contributed by atoms with Crippen LogP contribution in [-0.2, 0) is 4.79 Å². The predicted octanol–water partition coefficient (Wildman–Crippen LogP) is 0.699. The molecule has 0 radical (unpaired) electrons. The van der Waals surface area contributed by atoms with Gasteiger partial charge in [0.05, 0.1) is 12.6 Å². The molecule has 1 rings (SSSR count). The number of nitrogens with zero attached hydrogens (tertiary/aromatic N) is 1. The van der Waals surface area contributed by atoms with Gasteiger partial charge in [0, 0.05) is 24.4 Å².